The molecule has 0 radical (unpaired) electrons. The Morgan fingerprint density at radius 1 is 0.205 bits per heavy atom. The lowest BCUT2D eigenvalue weighted by Gasteiger charge is -2.14. The molecule has 0 amide bonds. The number of benzene rings is 12. The first-order chi connectivity index (χ1) is 38.7. The molecule has 16 aromatic rings. The van der Waals surface area contributed by atoms with Gasteiger partial charge in [0.2, 0.25) is 0 Å². The maximum atomic E-state index is 6.69. The zero-order valence-corrected chi connectivity index (χ0v) is 42.4. The summed E-state index contributed by atoms with van der Waals surface area (Å²) in [6.45, 7) is 0. The van der Waals surface area contributed by atoms with Crippen LogP contribution in [0.4, 0.5) is 0 Å². The quantitative estimate of drug-likeness (QED) is 0.149. The summed E-state index contributed by atoms with van der Waals surface area (Å²) in [6, 6.07) is 104. The fourth-order valence-corrected chi connectivity index (χ4v) is 12.4. The lowest BCUT2D eigenvalue weighted by Crippen LogP contribution is -2.02. The molecule has 0 aliphatic rings. The zero-order valence-electron chi connectivity index (χ0n) is 42.4. The van der Waals surface area contributed by atoms with Gasteiger partial charge in [-0.3, -0.25) is 9.13 Å². The topological polar surface area (TPSA) is 27.9 Å². The van der Waals surface area contributed by atoms with Crippen LogP contribution in [0.3, 0.4) is 0 Å². The van der Waals surface area contributed by atoms with Gasteiger partial charge in [-0.05, 0) is 147 Å². The average Bonchev–Trinajstić information content (AvgIpc) is 4.42. The maximum absolute atomic E-state index is 6.69. The van der Waals surface area contributed by atoms with Crippen molar-refractivity contribution in [2.45, 2.75) is 0 Å². The Morgan fingerprint density at radius 2 is 0.603 bits per heavy atom. The minimum atomic E-state index is 0.851. The SMILES string of the molecule is c1ccc(-c2cccc(-c3cccc(-c4cccc(-c5ccc6oc7ccc(-n8c9cc(-n%10c%11ccccc%11c%11ccc(-c%12ccccc%12)cc%11%10)ccc9c9c%10ccccc%10n(-c%10ccccc%10)c98)cc7c6c5)c4)c3)c2)cc1. The van der Waals surface area contributed by atoms with Crippen LogP contribution in [0.15, 0.2) is 290 Å². The van der Waals surface area contributed by atoms with Crippen LogP contribution in [0.5, 0.6) is 0 Å². The lowest BCUT2D eigenvalue weighted by atomic mass is 9.94. The van der Waals surface area contributed by atoms with E-state index in [0.29, 0.717) is 0 Å². The lowest BCUT2D eigenvalue weighted by molar-refractivity contribution is 0.669. The van der Waals surface area contributed by atoms with Crippen molar-refractivity contribution < 1.29 is 4.42 Å². The third-order valence-corrected chi connectivity index (χ3v) is 16.0. The molecular formula is C74H47N3O. The van der Waals surface area contributed by atoms with Crippen molar-refractivity contribution in [2.24, 2.45) is 0 Å². The summed E-state index contributed by atoms with van der Waals surface area (Å²) in [6.07, 6.45) is 0. The highest BCUT2D eigenvalue weighted by Crippen LogP contribution is 2.44. The van der Waals surface area contributed by atoms with E-state index in [1.54, 1.807) is 0 Å². The van der Waals surface area contributed by atoms with E-state index in [-0.39, 0.29) is 0 Å². The number of fused-ring (bicyclic) bond motifs is 11. The fourth-order valence-electron chi connectivity index (χ4n) is 12.4. The summed E-state index contributed by atoms with van der Waals surface area (Å²) in [4.78, 5) is 0. The van der Waals surface area contributed by atoms with E-state index in [0.717, 1.165) is 66.8 Å². The Labute approximate surface area is 450 Å². The second-order valence-electron chi connectivity index (χ2n) is 20.5. The third-order valence-electron chi connectivity index (χ3n) is 16.0. The monoisotopic (exact) mass is 993 g/mol. The molecule has 0 spiro atoms. The van der Waals surface area contributed by atoms with Gasteiger partial charge in [0.15, 0.2) is 0 Å². The summed E-state index contributed by atoms with van der Waals surface area (Å²) in [5, 5.41) is 8.22. The predicted molar refractivity (Wildman–Crippen MR) is 326 cm³/mol. The van der Waals surface area contributed by atoms with Gasteiger partial charge in [-0.2, -0.15) is 0 Å². The minimum Gasteiger partial charge on any atom is -0.456 e. The first-order valence-electron chi connectivity index (χ1n) is 26.7. The Morgan fingerprint density at radius 3 is 1.24 bits per heavy atom. The second-order valence-corrected chi connectivity index (χ2v) is 20.5. The van der Waals surface area contributed by atoms with Gasteiger partial charge in [-0.25, -0.2) is 0 Å². The first-order valence-corrected chi connectivity index (χ1v) is 26.7. The number of hydrogen-bond acceptors (Lipinski definition) is 1. The Hall–Kier alpha value is -10.4. The van der Waals surface area contributed by atoms with Crippen LogP contribution in [0.1, 0.15) is 0 Å². The Bertz CT molecular complexity index is 5020. The summed E-state index contributed by atoms with van der Waals surface area (Å²) < 4.78 is 14.1. The zero-order chi connectivity index (χ0) is 51.3. The van der Waals surface area contributed by atoms with E-state index in [2.05, 4.69) is 299 Å². The van der Waals surface area contributed by atoms with Crippen molar-refractivity contribution in [1.82, 2.24) is 13.7 Å². The van der Waals surface area contributed by atoms with Crippen LogP contribution in [0.2, 0.25) is 0 Å². The third kappa shape index (κ3) is 7.01. The Balaban J connectivity index is 0.869. The molecule has 0 saturated carbocycles. The van der Waals surface area contributed by atoms with Gasteiger partial charge in [0.25, 0.3) is 0 Å². The molecule has 4 heterocycles. The standard InChI is InChI=1S/C74H47N3O/c1-4-17-48(18-5-1)50-21-14-22-51(41-50)52-23-15-24-53(42-52)54-25-16-26-55(43-54)56-34-39-71-65(44-56)66-46-59(36-40-72(66)78-71)77-70-47-60(35-38-64(70)73-63-30-11-13-32-68(63)76(74(73)77)58-27-8-3-9-28-58)75-67-31-12-10-29-61(67)62-37-33-57(45-69(62)75)49-19-6-2-7-20-49/h1-47H. The molecule has 16 rings (SSSR count). The normalized spacial score (nSPS) is 11.8. The van der Waals surface area contributed by atoms with Crippen LogP contribution in [-0.2, 0) is 0 Å². The van der Waals surface area contributed by atoms with Gasteiger partial charge in [-0.1, -0.05) is 194 Å². The van der Waals surface area contributed by atoms with Crippen LogP contribution in [0, 0.1) is 0 Å². The second kappa shape index (κ2) is 17.6. The molecule has 0 fully saturated rings. The summed E-state index contributed by atoms with van der Waals surface area (Å²) in [5.74, 6) is 0. The molecule has 0 aliphatic carbocycles. The van der Waals surface area contributed by atoms with E-state index in [4.69, 9.17) is 4.42 Å². The molecule has 0 unspecified atom stereocenters. The van der Waals surface area contributed by atoms with Gasteiger partial charge in [-0.15, -0.1) is 0 Å². The molecular weight excluding hydrogens is 947 g/mol. The average molecular weight is 994 g/mol. The molecule has 364 valence electrons. The maximum Gasteiger partial charge on any atom is 0.135 e. The van der Waals surface area contributed by atoms with Crippen LogP contribution in [0.25, 0.3) is 149 Å². The van der Waals surface area contributed by atoms with Crippen LogP contribution < -0.4 is 0 Å². The van der Waals surface area contributed by atoms with E-state index >= 15 is 0 Å². The molecule has 4 heteroatoms. The highest BCUT2D eigenvalue weighted by Gasteiger charge is 2.24. The van der Waals surface area contributed by atoms with E-state index in [1.807, 2.05) is 0 Å². The van der Waals surface area contributed by atoms with Gasteiger partial charge >= 0.3 is 0 Å². The molecule has 4 nitrogen and oxygen atoms in total. The van der Waals surface area contributed by atoms with Gasteiger partial charge in [0.1, 0.15) is 16.8 Å². The first kappa shape index (κ1) is 43.9. The van der Waals surface area contributed by atoms with Crippen molar-refractivity contribution in [1.29, 1.82) is 0 Å². The Kier molecular flexibility index (Phi) is 9.91. The largest absolute Gasteiger partial charge is 0.456 e. The predicted octanol–water partition coefficient (Wildman–Crippen LogP) is 20.1. The van der Waals surface area contributed by atoms with Gasteiger partial charge in [0.05, 0.1) is 22.1 Å². The highest BCUT2D eigenvalue weighted by molar-refractivity contribution is 6.23. The van der Waals surface area contributed by atoms with Crippen LogP contribution in [-0.4, -0.2) is 13.7 Å². The summed E-state index contributed by atoms with van der Waals surface area (Å²) in [5.41, 5.74) is 22.5. The molecule has 0 aliphatic heterocycles. The molecule has 0 saturated heterocycles. The molecule has 0 bridgehead atoms. The number of nitrogens with zero attached hydrogens (tertiary/aromatic N) is 3. The van der Waals surface area contributed by atoms with Crippen molar-refractivity contribution in [3.05, 3.63) is 285 Å². The number of hydrogen-bond donors (Lipinski definition) is 0. The number of para-hydroxylation sites is 3. The fraction of sp³-hybridized carbons (Fsp3) is 0. The van der Waals surface area contributed by atoms with Gasteiger partial charge in [0, 0.05) is 54.8 Å². The van der Waals surface area contributed by atoms with E-state index in [9.17, 15) is 0 Å². The van der Waals surface area contributed by atoms with Crippen molar-refractivity contribution in [3.63, 3.8) is 0 Å². The van der Waals surface area contributed by atoms with Crippen molar-refractivity contribution >= 4 is 76.6 Å². The van der Waals surface area contributed by atoms with Crippen molar-refractivity contribution in [2.75, 3.05) is 0 Å². The minimum absolute atomic E-state index is 0.851. The van der Waals surface area contributed by atoms with Gasteiger partial charge < -0.3 is 8.98 Å². The number of rotatable bonds is 8. The van der Waals surface area contributed by atoms with Crippen molar-refractivity contribution in [3.8, 4) is 72.7 Å². The molecule has 78 heavy (non-hydrogen) atoms. The summed E-state index contributed by atoms with van der Waals surface area (Å²) in [7, 11) is 0. The molecule has 0 N–H and O–H groups in total. The molecule has 12 aromatic carbocycles. The highest BCUT2D eigenvalue weighted by atomic mass is 16.3. The smallest absolute Gasteiger partial charge is 0.135 e. The van der Waals surface area contributed by atoms with E-state index < -0.39 is 0 Å². The molecule has 0 atom stereocenters. The van der Waals surface area contributed by atoms with Crippen LogP contribution >= 0.6 is 0 Å². The summed E-state index contributed by atoms with van der Waals surface area (Å²) >= 11 is 0. The number of furan rings is 1. The number of aromatic nitrogens is 3. The molecule has 4 aromatic heterocycles. The van der Waals surface area contributed by atoms with E-state index in [1.165, 1.54) is 82.5 Å².